The molecule has 0 fully saturated rings. The molecule has 6 heteroatoms. The van der Waals surface area contributed by atoms with Gasteiger partial charge in [0.05, 0.1) is 17.4 Å². The van der Waals surface area contributed by atoms with Gasteiger partial charge < -0.3 is 9.84 Å². The highest BCUT2D eigenvalue weighted by atomic mass is 19.1. The number of pyridine rings is 1. The summed E-state index contributed by atoms with van der Waals surface area (Å²) >= 11 is 0. The Balaban J connectivity index is 1.85. The summed E-state index contributed by atoms with van der Waals surface area (Å²) in [4.78, 5) is 4.59. The van der Waals surface area contributed by atoms with Crippen LogP contribution >= 0.6 is 0 Å². The van der Waals surface area contributed by atoms with Gasteiger partial charge in [-0.15, -0.1) is 0 Å². The molecule has 1 N–H and O–H groups in total. The summed E-state index contributed by atoms with van der Waals surface area (Å²) in [5, 5.41) is 14.2. The van der Waals surface area contributed by atoms with Crippen molar-refractivity contribution in [2.45, 2.75) is 6.10 Å². The van der Waals surface area contributed by atoms with Crippen LogP contribution < -0.4 is 4.74 Å². The van der Waals surface area contributed by atoms with Crippen LogP contribution in [0, 0.1) is 0 Å². The van der Waals surface area contributed by atoms with Crippen LogP contribution in [0.1, 0.15) is 0 Å². The van der Waals surface area contributed by atoms with Crippen molar-refractivity contribution in [3.05, 3.63) is 42.7 Å². The standard InChI is InChI=1S/C16H16FN3O2/c1-20-9-12(8-18-20)16-4-2-11-6-14(3-5-15(11)19-16)22-10-13(21)7-17/h2-6,8-9,13,21H,7,10H2,1H3. The maximum absolute atomic E-state index is 12.2. The smallest absolute Gasteiger partial charge is 0.120 e. The average Bonchev–Trinajstić information content (AvgIpc) is 2.98. The van der Waals surface area contributed by atoms with Gasteiger partial charge in [-0.25, -0.2) is 9.37 Å². The van der Waals surface area contributed by atoms with Gasteiger partial charge in [0.1, 0.15) is 25.1 Å². The molecular weight excluding hydrogens is 285 g/mol. The lowest BCUT2D eigenvalue weighted by Crippen LogP contribution is -2.19. The Morgan fingerprint density at radius 3 is 2.91 bits per heavy atom. The summed E-state index contributed by atoms with van der Waals surface area (Å²) in [5.74, 6) is 0.580. The zero-order valence-electron chi connectivity index (χ0n) is 12.1. The van der Waals surface area contributed by atoms with Crippen molar-refractivity contribution in [1.82, 2.24) is 14.8 Å². The normalized spacial score (nSPS) is 12.5. The number of aromatic nitrogens is 3. The minimum atomic E-state index is -1.10. The van der Waals surface area contributed by atoms with Crippen molar-refractivity contribution in [2.24, 2.45) is 7.05 Å². The van der Waals surface area contributed by atoms with Crippen LogP contribution in [-0.4, -0.2) is 39.3 Å². The molecule has 0 amide bonds. The maximum atomic E-state index is 12.2. The van der Waals surface area contributed by atoms with Gasteiger partial charge in [0.25, 0.3) is 0 Å². The Morgan fingerprint density at radius 1 is 1.32 bits per heavy atom. The third-order valence-electron chi connectivity index (χ3n) is 3.28. The lowest BCUT2D eigenvalue weighted by atomic mass is 10.1. The Labute approximate surface area is 127 Å². The van der Waals surface area contributed by atoms with Crippen LogP contribution in [0.4, 0.5) is 4.39 Å². The van der Waals surface area contributed by atoms with Gasteiger partial charge >= 0.3 is 0 Å². The number of hydrogen-bond acceptors (Lipinski definition) is 4. The van der Waals surface area contributed by atoms with Gasteiger partial charge in [0, 0.05) is 24.2 Å². The van der Waals surface area contributed by atoms with Gasteiger partial charge in [0.15, 0.2) is 0 Å². The molecule has 0 aliphatic heterocycles. The molecule has 0 aliphatic carbocycles. The first-order valence-electron chi connectivity index (χ1n) is 6.92. The van der Waals surface area contributed by atoms with E-state index in [1.54, 1.807) is 16.9 Å². The van der Waals surface area contributed by atoms with E-state index in [4.69, 9.17) is 4.74 Å². The molecule has 1 aromatic carbocycles. The first-order valence-corrected chi connectivity index (χ1v) is 6.92. The Hall–Kier alpha value is -2.47. The molecule has 3 aromatic rings. The van der Waals surface area contributed by atoms with Crippen LogP contribution in [0.5, 0.6) is 5.75 Å². The Bertz CT molecular complexity index is 788. The molecule has 114 valence electrons. The van der Waals surface area contributed by atoms with Gasteiger partial charge in [0.2, 0.25) is 0 Å². The fourth-order valence-electron chi connectivity index (χ4n) is 2.14. The first kappa shape index (κ1) is 14.5. The molecule has 0 bridgehead atoms. The average molecular weight is 301 g/mol. The predicted octanol–water partition coefficient (Wildman–Crippen LogP) is 2.34. The number of rotatable bonds is 5. The maximum Gasteiger partial charge on any atom is 0.120 e. The second kappa shape index (κ2) is 6.11. The summed E-state index contributed by atoms with van der Waals surface area (Å²) in [5.41, 5.74) is 2.64. The SMILES string of the molecule is Cn1cc(-c2ccc3cc(OCC(O)CF)ccc3n2)cn1. The molecule has 5 nitrogen and oxygen atoms in total. The summed E-state index contributed by atoms with van der Waals surface area (Å²) in [6, 6.07) is 9.28. The monoisotopic (exact) mass is 301 g/mol. The van der Waals surface area contributed by atoms with E-state index in [0.717, 1.165) is 22.2 Å². The number of aryl methyl sites for hydroxylation is 1. The highest BCUT2D eigenvalue weighted by Gasteiger charge is 2.07. The Morgan fingerprint density at radius 2 is 2.18 bits per heavy atom. The molecule has 0 saturated carbocycles. The number of nitrogens with zero attached hydrogens (tertiary/aromatic N) is 3. The molecule has 0 saturated heterocycles. The molecule has 0 aliphatic rings. The zero-order chi connectivity index (χ0) is 15.5. The van der Waals surface area contributed by atoms with E-state index < -0.39 is 12.8 Å². The van der Waals surface area contributed by atoms with Crippen molar-refractivity contribution >= 4 is 10.9 Å². The van der Waals surface area contributed by atoms with Crippen LogP contribution in [0.15, 0.2) is 42.7 Å². The van der Waals surface area contributed by atoms with E-state index in [0.29, 0.717) is 5.75 Å². The number of alkyl halides is 1. The fraction of sp³-hybridized carbons (Fsp3) is 0.250. The van der Waals surface area contributed by atoms with Crippen LogP contribution in [0.3, 0.4) is 0 Å². The molecule has 0 radical (unpaired) electrons. The molecule has 0 spiro atoms. The van der Waals surface area contributed by atoms with Crippen LogP contribution in [-0.2, 0) is 7.05 Å². The van der Waals surface area contributed by atoms with Crippen LogP contribution in [0.2, 0.25) is 0 Å². The van der Waals surface area contributed by atoms with E-state index in [1.807, 2.05) is 37.5 Å². The third kappa shape index (κ3) is 3.07. The predicted molar refractivity (Wildman–Crippen MR) is 81.4 cm³/mol. The minimum absolute atomic E-state index is 0.0663. The van der Waals surface area contributed by atoms with Crippen molar-refractivity contribution in [3.63, 3.8) is 0 Å². The Kier molecular flexibility index (Phi) is 4.02. The van der Waals surface area contributed by atoms with Crippen molar-refractivity contribution < 1.29 is 14.2 Å². The summed E-state index contributed by atoms with van der Waals surface area (Å²) in [6.45, 7) is -0.882. The van der Waals surface area contributed by atoms with E-state index in [9.17, 15) is 9.50 Å². The number of aliphatic hydroxyl groups excluding tert-OH is 1. The summed E-state index contributed by atoms with van der Waals surface area (Å²) in [7, 11) is 1.86. The van der Waals surface area contributed by atoms with Crippen molar-refractivity contribution in [2.75, 3.05) is 13.3 Å². The highest BCUT2D eigenvalue weighted by Crippen LogP contribution is 2.23. The molecular formula is C16H16FN3O2. The molecule has 2 heterocycles. The number of benzene rings is 1. The summed E-state index contributed by atoms with van der Waals surface area (Å²) in [6.07, 6.45) is 2.58. The first-order chi connectivity index (χ1) is 10.7. The third-order valence-corrected chi connectivity index (χ3v) is 3.28. The second-order valence-corrected chi connectivity index (χ2v) is 5.07. The minimum Gasteiger partial charge on any atom is -0.491 e. The van der Waals surface area contributed by atoms with E-state index in [2.05, 4.69) is 10.1 Å². The quantitative estimate of drug-likeness (QED) is 0.786. The fourth-order valence-corrected chi connectivity index (χ4v) is 2.14. The number of fused-ring (bicyclic) bond motifs is 1. The topological polar surface area (TPSA) is 60.2 Å². The van der Waals surface area contributed by atoms with E-state index >= 15 is 0 Å². The number of hydrogen-bond donors (Lipinski definition) is 1. The largest absolute Gasteiger partial charge is 0.491 e. The molecule has 1 atom stereocenters. The molecule has 1 unspecified atom stereocenters. The van der Waals surface area contributed by atoms with Crippen molar-refractivity contribution in [1.29, 1.82) is 0 Å². The van der Waals surface area contributed by atoms with Gasteiger partial charge in [-0.2, -0.15) is 5.10 Å². The number of aliphatic hydroxyl groups is 1. The van der Waals surface area contributed by atoms with Crippen LogP contribution in [0.25, 0.3) is 22.2 Å². The zero-order valence-corrected chi connectivity index (χ0v) is 12.1. The second-order valence-electron chi connectivity index (χ2n) is 5.07. The van der Waals surface area contributed by atoms with Gasteiger partial charge in [-0.3, -0.25) is 4.68 Å². The van der Waals surface area contributed by atoms with Gasteiger partial charge in [-0.05, 0) is 24.3 Å². The molecule has 3 rings (SSSR count). The number of ether oxygens (including phenoxy) is 1. The molecule has 22 heavy (non-hydrogen) atoms. The lowest BCUT2D eigenvalue weighted by molar-refractivity contribution is 0.0842. The lowest BCUT2D eigenvalue weighted by Gasteiger charge is -2.10. The summed E-state index contributed by atoms with van der Waals surface area (Å²) < 4.78 is 19.3. The number of halogens is 1. The van der Waals surface area contributed by atoms with E-state index in [-0.39, 0.29) is 6.61 Å². The van der Waals surface area contributed by atoms with Gasteiger partial charge in [-0.1, -0.05) is 6.07 Å². The van der Waals surface area contributed by atoms with Crippen molar-refractivity contribution in [3.8, 4) is 17.0 Å². The van der Waals surface area contributed by atoms with E-state index in [1.165, 1.54) is 0 Å². The highest BCUT2D eigenvalue weighted by molar-refractivity contribution is 5.82. The molecule has 2 aromatic heterocycles.